The van der Waals surface area contributed by atoms with Gasteiger partial charge < -0.3 is 5.11 Å². The quantitative estimate of drug-likeness (QED) is 0.581. The van der Waals surface area contributed by atoms with Gasteiger partial charge in [0.05, 0.1) is 13.2 Å². The van der Waals surface area contributed by atoms with Gasteiger partial charge in [-0.2, -0.15) is 5.06 Å². The Morgan fingerprint density at radius 2 is 2.30 bits per heavy atom. The molecule has 60 valence electrons. The van der Waals surface area contributed by atoms with Crippen LogP contribution in [0.15, 0.2) is 0 Å². The van der Waals surface area contributed by atoms with Crippen molar-refractivity contribution in [1.29, 1.82) is 0 Å². The van der Waals surface area contributed by atoms with Crippen LogP contribution in [-0.4, -0.2) is 36.5 Å². The van der Waals surface area contributed by atoms with Crippen LogP contribution in [0.4, 0.5) is 0 Å². The van der Waals surface area contributed by atoms with Crippen molar-refractivity contribution < 1.29 is 9.94 Å². The summed E-state index contributed by atoms with van der Waals surface area (Å²) in [4.78, 5) is 5.18. The molecular weight excluding hydrogens is 130 g/mol. The Morgan fingerprint density at radius 3 is 2.70 bits per heavy atom. The normalized spacial score (nSPS) is 19.5. The van der Waals surface area contributed by atoms with E-state index in [1.165, 1.54) is 19.3 Å². The Labute approximate surface area is 61.5 Å². The van der Waals surface area contributed by atoms with Gasteiger partial charge in [-0.05, 0) is 12.8 Å². The topological polar surface area (TPSA) is 32.7 Å². The van der Waals surface area contributed by atoms with Crippen molar-refractivity contribution in [2.75, 3.05) is 20.3 Å². The van der Waals surface area contributed by atoms with Crippen LogP contribution in [-0.2, 0) is 4.84 Å². The molecule has 0 amide bonds. The summed E-state index contributed by atoms with van der Waals surface area (Å²) in [5.41, 5.74) is 0. The zero-order valence-corrected chi connectivity index (χ0v) is 6.42. The molecule has 3 heteroatoms. The first-order valence-electron chi connectivity index (χ1n) is 3.81. The molecule has 0 radical (unpaired) electrons. The molecule has 0 heterocycles. The molecule has 3 nitrogen and oxygen atoms in total. The smallest absolute Gasteiger partial charge is 0.0916 e. The molecule has 1 N–H and O–H groups in total. The molecule has 0 aliphatic heterocycles. The summed E-state index contributed by atoms with van der Waals surface area (Å²) in [7, 11) is 1.93. The first-order chi connectivity index (χ1) is 4.84. The third-order valence-corrected chi connectivity index (χ3v) is 1.98. The van der Waals surface area contributed by atoms with Gasteiger partial charge in [-0.25, -0.2) is 0 Å². The highest BCUT2D eigenvalue weighted by Gasteiger charge is 2.22. The number of hydrogen-bond acceptors (Lipinski definition) is 3. The van der Waals surface area contributed by atoms with E-state index in [0.717, 1.165) is 0 Å². The maximum absolute atomic E-state index is 8.44. The minimum Gasteiger partial charge on any atom is -0.394 e. The fraction of sp³-hybridized carbons (Fsp3) is 1.00. The van der Waals surface area contributed by atoms with E-state index in [4.69, 9.17) is 9.94 Å². The van der Waals surface area contributed by atoms with Gasteiger partial charge in [-0.15, -0.1) is 0 Å². The first-order valence-corrected chi connectivity index (χ1v) is 3.81. The van der Waals surface area contributed by atoms with Crippen LogP contribution in [0.1, 0.15) is 19.3 Å². The SMILES string of the molecule is CN(OCCO)C1CCC1. The van der Waals surface area contributed by atoms with Gasteiger partial charge in [0.25, 0.3) is 0 Å². The molecule has 0 bridgehead atoms. The molecule has 0 aromatic carbocycles. The van der Waals surface area contributed by atoms with Gasteiger partial charge >= 0.3 is 0 Å². The van der Waals surface area contributed by atoms with E-state index in [-0.39, 0.29) is 6.61 Å². The number of hydrogen-bond donors (Lipinski definition) is 1. The fourth-order valence-corrected chi connectivity index (χ4v) is 1.04. The maximum Gasteiger partial charge on any atom is 0.0916 e. The summed E-state index contributed by atoms with van der Waals surface area (Å²) >= 11 is 0. The van der Waals surface area contributed by atoms with E-state index < -0.39 is 0 Å². The summed E-state index contributed by atoms with van der Waals surface area (Å²) in [6, 6.07) is 0.603. The van der Waals surface area contributed by atoms with Crippen LogP contribution >= 0.6 is 0 Å². The Bertz CT molecular complexity index is 93.6. The van der Waals surface area contributed by atoms with E-state index in [9.17, 15) is 0 Å². The van der Waals surface area contributed by atoms with Crippen molar-refractivity contribution in [1.82, 2.24) is 5.06 Å². The Kier molecular flexibility index (Phi) is 3.12. The minimum atomic E-state index is 0.108. The van der Waals surface area contributed by atoms with Gasteiger partial charge in [-0.3, -0.25) is 4.84 Å². The Balaban J connectivity index is 2.02. The molecule has 0 aromatic heterocycles. The summed E-state index contributed by atoms with van der Waals surface area (Å²) < 4.78 is 0. The lowest BCUT2D eigenvalue weighted by Crippen LogP contribution is -2.37. The monoisotopic (exact) mass is 145 g/mol. The van der Waals surface area contributed by atoms with E-state index in [0.29, 0.717) is 12.6 Å². The third-order valence-electron chi connectivity index (χ3n) is 1.98. The summed E-state index contributed by atoms with van der Waals surface area (Å²) in [6.07, 6.45) is 3.79. The van der Waals surface area contributed by atoms with E-state index in [1.54, 1.807) is 0 Å². The van der Waals surface area contributed by atoms with Gasteiger partial charge in [0.15, 0.2) is 0 Å². The molecule has 1 rings (SSSR count). The van der Waals surface area contributed by atoms with Crippen LogP contribution < -0.4 is 0 Å². The second kappa shape index (κ2) is 3.91. The molecule has 1 aliphatic carbocycles. The highest BCUT2D eigenvalue weighted by atomic mass is 16.7. The highest BCUT2D eigenvalue weighted by Crippen LogP contribution is 2.23. The molecule has 1 fully saturated rings. The van der Waals surface area contributed by atoms with E-state index in [1.807, 2.05) is 12.1 Å². The van der Waals surface area contributed by atoms with Crippen LogP contribution in [0.25, 0.3) is 0 Å². The lowest BCUT2D eigenvalue weighted by atomic mass is 9.93. The highest BCUT2D eigenvalue weighted by molar-refractivity contribution is 4.73. The van der Waals surface area contributed by atoms with Gasteiger partial charge in [0.2, 0.25) is 0 Å². The molecule has 0 aromatic rings. The molecule has 1 saturated carbocycles. The third kappa shape index (κ3) is 1.94. The summed E-state index contributed by atoms with van der Waals surface area (Å²) in [6.45, 7) is 0.532. The number of aliphatic hydroxyl groups is 1. The van der Waals surface area contributed by atoms with E-state index in [2.05, 4.69) is 0 Å². The van der Waals surface area contributed by atoms with Crippen molar-refractivity contribution >= 4 is 0 Å². The van der Waals surface area contributed by atoms with Crippen molar-refractivity contribution in [3.8, 4) is 0 Å². The average Bonchev–Trinajstić information content (AvgIpc) is 1.79. The second-order valence-corrected chi connectivity index (χ2v) is 2.69. The van der Waals surface area contributed by atoms with Crippen LogP contribution in [0, 0.1) is 0 Å². The number of hydroxylamine groups is 2. The number of rotatable bonds is 4. The fourth-order valence-electron chi connectivity index (χ4n) is 1.04. The van der Waals surface area contributed by atoms with Gasteiger partial charge in [-0.1, -0.05) is 6.42 Å². The van der Waals surface area contributed by atoms with Crippen molar-refractivity contribution in [3.05, 3.63) is 0 Å². The zero-order chi connectivity index (χ0) is 7.40. The lowest BCUT2D eigenvalue weighted by molar-refractivity contribution is -0.188. The molecule has 0 saturated heterocycles. The number of nitrogens with zero attached hydrogens (tertiary/aromatic N) is 1. The van der Waals surface area contributed by atoms with Crippen molar-refractivity contribution in [2.24, 2.45) is 0 Å². The van der Waals surface area contributed by atoms with Gasteiger partial charge in [0.1, 0.15) is 0 Å². The summed E-state index contributed by atoms with van der Waals surface area (Å²) in [5, 5.41) is 10.3. The predicted octanol–water partition coefficient (Wildman–Crippen LogP) is 0.395. The van der Waals surface area contributed by atoms with Crippen molar-refractivity contribution in [3.63, 3.8) is 0 Å². The lowest BCUT2D eigenvalue weighted by Gasteiger charge is -2.33. The van der Waals surface area contributed by atoms with Crippen molar-refractivity contribution in [2.45, 2.75) is 25.3 Å². The zero-order valence-electron chi connectivity index (χ0n) is 6.42. The Hall–Kier alpha value is -0.120. The molecule has 0 unspecified atom stereocenters. The van der Waals surface area contributed by atoms with Crippen LogP contribution in [0.2, 0.25) is 0 Å². The van der Waals surface area contributed by atoms with Crippen LogP contribution in [0.3, 0.4) is 0 Å². The molecule has 0 atom stereocenters. The summed E-state index contributed by atoms with van der Waals surface area (Å²) in [5.74, 6) is 0. The largest absolute Gasteiger partial charge is 0.394 e. The minimum absolute atomic E-state index is 0.108. The standard InChI is InChI=1S/C7H15NO2/c1-8(10-6-5-9)7-3-2-4-7/h7,9H,2-6H2,1H3. The Morgan fingerprint density at radius 1 is 1.60 bits per heavy atom. The maximum atomic E-state index is 8.44. The first kappa shape index (κ1) is 7.98. The molecule has 10 heavy (non-hydrogen) atoms. The molecule has 1 aliphatic rings. The molecule has 0 spiro atoms. The number of aliphatic hydroxyl groups excluding tert-OH is 1. The molecular formula is C7H15NO2. The predicted molar refractivity (Wildman–Crippen MR) is 38.4 cm³/mol. The van der Waals surface area contributed by atoms with E-state index >= 15 is 0 Å². The second-order valence-electron chi connectivity index (χ2n) is 2.69. The van der Waals surface area contributed by atoms with Crippen LogP contribution in [0.5, 0.6) is 0 Å². The van der Waals surface area contributed by atoms with Gasteiger partial charge in [0, 0.05) is 13.1 Å². The average molecular weight is 145 g/mol.